The number of imidazole rings is 1. The number of nitrogens with one attached hydrogen (secondary N) is 2. The molecule has 0 amide bonds. The number of hydrogen-bond acceptors (Lipinski definition) is 10. The third kappa shape index (κ3) is 5.72. The molecule has 0 spiro atoms. The first kappa shape index (κ1) is 27.8. The van der Waals surface area contributed by atoms with Gasteiger partial charge in [0.1, 0.15) is 0 Å². The van der Waals surface area contributed by atoms with E-state index in [1.54, 1.807) is 0 Å². The number of nitrogens with zero attached hydrogens (tertiary/aromatic N) is 6. The molecule has 1 saturated heterocycles. The summed E-state index contributed by atoms with van der Waals surface area (Å²) in [4.78, 5) is 25.0. The summed E-state index contributed by atoms with van der Waals surface area (Å²) in [5.74, 6) is 1.21. The van der Waals surface area contributed by atoms with Gasteiger partial charge in [-0.05, 0) is 57.4 Å². The first-order chi connectivity index (χ1) is 19.8. The third-order valence-corrected chi connectivity index (χ3v) is 10.7. The summed E-state index contributed by atoms with van der Waals surface area (Å²) >= 11 is 0. The van der Waals surface area contributed by atoms with E-state index in [0.29, 0.717) is 36.2 Å². The third-order valence-electron chi connectivity index (χ3n) is 8.72. The molecule has 220 valence electrons. The van der Waals surface area contributed by atoms with E-state index >= 15 is 0 Å². The highest BCUT2D eigenvalue weighted by atomic mass is 32.2. The molecule has 2 aliphatic carbocycles. The lowest BCUT2D eigenvalue weighted by Gasteiger charge is -2.32. The minimum absolute atomic E-state index is 0.0394. The Balaban J connectivity index is 1.21. The molecular formula is C27H37N9O4S. The summed E-state index contributed by atoms with van der Waals surface area (Å²) < 4.78 is 30.1. The molecule has 3 aliphatic rings. The Kier molecular flexibility index (Phi) is 7.79. The number of rotatable bonds is 8. The molecular weight excluding hydrogens is 546 g/mol. The molecule has 1 aromatic carbocycles. The number of fused-ring (bicyclic) bond motifs is 1. The Labute approximate surface area is 239 Å². The largest absolute Gasteiger partial charge is 0.365 e. The summed E-state index contributed by atoms with van der Waals surface area (Å²) in [5.41, 5.74) is 7.22. The molecule has 3 fully saturated rings. The highest BCUT2D eigenvalue weighted by molar-refractivity contribution is 7.89. The number of benzene rings is 1. The zero-order valence-corrected chi connectivity index (χ0v) is 23.8. The van der Waals surface area contributed by atoms with Crippen LogP contribution in [0.25, 0.3) is 11.2 Å². The maximum atomic E-state index is 13.3. The Morgan fingerprint density at radius 1 is 0.927 bits per heavy atom. The van der Waals surface area contributed by atoms with E-state index in [1.165, 1.54) is 41.4 Å². The predicted molar refractivity (Wildman–Crippen MR) is 155 cm³/mol. The van der Waals surface area contributed by atoms with Crippen LogP contribution in [0.2, 0.25) is 0 Å². The molecule has 0 atom stereocenters. The van der Waals surface area contributed by atoms with Gasteiger partial charge < -0.3 is 20.9 Å². The smallest absolute Gasteiger partial charge is 0.289 e. The second-order valence-electron chi connectivity index (χ2n) is 11.5. The molecule has 41 heavy (non-hydrogen) atoms. The summed E-state index contributed by atoms with van der Waals surface area (Å²) in [6.45, 7) is 0.481. The van der Waals surface area contributed by atoms with E-state index < -0.39 is 20.6 Å². The van der Waals surface area contributed by atoms with Crippen LogP contribution in [0.4, 0.5) is 17.5 Å². The standard InChI is InChI=1S/C27H37N9O4S/c28-18-9-11-19(12-10-18)31-27-32-25(24-26(33-27)35(17-29-24)21-5-1-2-6-21)30-20-13-15-34(16-14-20)41(39,40)23-8-4-3-7-22(23)36(37)38/h3-4,7-8,17-21H,1-2,5-6,9-16,28H2,(H2,30,31,32,33)/t18-,19-. The van der Waals surface area contributed by atoms with Crippen molar-refractivity contribution in [1.29, 1.82) is 0 Å². The van der Waals surface area contributed by atoms with Gasteiger partial charge in [-0.15, -0.1) is 0 Å². The average Bonchev–Trinajstić information content (AvgIpc) is 3.65. The van der Waals surface area contributed by atoms with Crippen LogP contribution in [0, 0.1) is 10.1 Å². The topological polar surface area (TPSA) is 174 Å². The molecule has 3 aromatic rings. The van der Waals surface area contributed by atoms with Crippen molar-refractivity contribution in [1.82, 2.24) is 23.8 Å². The van der Waals surface area contributed by atoms with Crippen LogP contribution in [0.15, 0.2) is 35.5 Å². The Hall–Kier alpha value is -3.36. The van der Waals surface area contributed by atoms with E-state index in [-0.39, 0.29) is 36.1 Å². The molecule has 3 heterocycles. The van der Waals surface area contributed by atoms with E-state index in [0.717, 1.165) is 44.2 Å². The maximum absolute atomic E-state index is 13.3. The molecule has 13 nitrogen and oxygen atoms in total. The first-order valence-corrected chi connectivity index (χ1v) is 16.0. The molecule has 4 N–H and O–H groups in total. The summed E-state index contributed by atoms with van der Waals surface area (Å²) in [6, 6.07) is 6.34. The van der Waals surface area contributed by atoms with Crippen LogP contribution in [0.5, 0.6) is 0 Å². The van der Waals surface area contributed by atoms with Gasteiger partial charge in [-0.3, -0.25) is 10.1 Å². The van der Waals surface area contributed by atoms with Crippen molar-refractivity contribution < 1.29 is 13.3 Å². The Bertz CT molecular complexity index is 1510. The van der Waals surface area contributed by atoms with Gasteiger partial charge in [0.15, 0.2) is 21.9 Å². The van der Waals surface area contributed by atoms with Gasteiger partial charge in [-0.25, -0.2) is 13.4 Å². The number of nitro groups is 1. The van der Waals surface area contributed by atoms with Crippen molar-refractivity contribution in [3.8, 4) is 0 Å². The molecule has 1 aliphatic heterocycles. The SMILES string of the molecule is N[C@H]1CC[C@H](Nc2nc(NC3CCN(S(=O)(=O)c4ccccc4[N+](=O)[O-])CC3)c3ncn(C4CCCC4)c3n2)CC1. The second-order valence-corrected chi connectivity index (χ2v) is 13.4. The lowest BCUT2D eigenvalue weighted by molar-refractivity contribution is -0.387. The van der Waals surface area contributed by atoms with Crippen molar-refractivity contribution in [2.24, 2.45) is 5.73 Å². The van der Waals surface area contributed by atoms with Crippen molar-refractivity contribution in [2.45, 2.75) is 93.3 Å². The maximum Gasteiger partial charge on any atom is 0.289 e. The zero-order chi connectivity index (χ0) is 28.6. The number of piperidine rings is 1. The number of aromatic nitrogens is 4. The van der Waals surface area contributed by atoms with E-state index in [4.69, 9.17) is 20.7 Å². The van der Waals surface area contributed by atoms with Crippen LogP contribution in [-0.4, -0.2) is 68.4 Å². The summed E-state index contributed by atoms with van der Waals surface area (Å²) in [6.07, 6.45) is 11.4. The molecule has 6 rings (SSSR count). The van der Waals surface area contributed by atoms with Crippen LogP contribution >= 0.6 is 0 Å². The van der Waals surface area contributed by atoms with Crippen LogP contribution < -0.4 is 16.4 Å². The number of nitro benzene ring substituents is 1. The first-order valence-electron chi connectivity index (χ1n) is 14.6. The summed E-state index contributed by atoms with van der Waals surface area (Å²) in [7, 11) is -4.00. The van der Waals surface area contributed by atoms with Crippen molar-refractivity contribution in [3.63, 3.8) is 0 Å². The molecule has 0 radical (unpaired) electrons. The molecule has 0 bridgehead atoms. The van der Waals surface area contributed by atoms with Gasteiger partial charge in [-0.1, -0.05) is 25.0 Å². The van der Waals surface area contributed by atoms with Gasteiger partial charge in [0.25, 0.3) is 5.69 Å². The van der Waals surface area contributed by atoms with Crippen LogP contribution in [0.3, 0.4) is 0 Å². The molecule has 0 unspecified atom stereocenters. The molecule has 2 aromatic heterocycles. The minimum atomic E-state index is -4.00. The molecule has 2 saturated carbocycles. The van der Waals surface area contributed by atoms with Gasteiger partial charge in [0.05, 0.1) is 11.3 Å². The van der Waals surface area contributed by atoms with E-state index in [9.17, 15) is 18.5 Å². The highest BCUT2D eigenvalue weighted by Gasteiger charge is 2.34. The van der Waals surface area contributed by atoms with Crippen molar-refractivity contribution in [3.05, 3.63) is 40.7 Å². The van der Waals surface area contributed by atoms with Gasteiger partial charge in [-0.2, -0.15) is 14.3 Å². The average molecular weight is 584 g/mol. The fourth-order valence-electron chi connectivity index (χ4n) is 6.38. The normalized spacial score (nSPS) is 23.1. The minimum Gasteiger partial charge on any atom is -0.365 e. The number of para-hydroxylation sites is 1. The van der Waals surface area contributed by atoms with Crippen LogP contribution in [0.1, 0.15) is 70.3 Å². The number of sulfonamides is 1. The van der Waals surface area contributed by atoms with Crippen molar-refractivity contribution >= 4 is 38.6 Å². The lowest BCUT2D eigenvalue weighted by Crippen LogP contribution is -2.42. The van der Waals surface area contributed by atoms with Gasteiger partial charge in [0, 0.05) is 43.3 Å². The second kappa shape index (κ2) is 11.5. The number of nitrogens with two attached hydrogens (primary N) is 1. The van der Waals surface area contributed by atoms with Crippen molar-refractivity contribution in [2.75, 3.05) is 23.7 Å². The van der Waals surface area contributed by atoms with Crippen LogP contribution in [-0.2, 0) is 10.0 Å². The quantitative estimate of drug-likeness (QED) is 0.261. The van der Waals surface area contributed by atoms with E-state index in [1.807, 2.05) is 6.33 Å². The lowest BCUT2D eigenvalue weighted by atomic mass is 9.92. The van der Waals surface area contributed by atoms with Gasteiger partial charge >= 0.3 is 0 Å². The summed E-state index contributed by atoms with van der Waals surface area (Å²) in [5, 5.41) is 18.5. The van der Waals surface area contributed by atoms with E-state index in [2.05, 4.69) is 15.2 Å². The number of hydrogen-bond donors (Lipinski definition) is 3. The Morgan fingerprint density at radius 3 is 2.32 bits per heavy atom. The fourth-order valence-corrected chi connectivity index (χ4v) is 8.00. The zero-order valence-electron chi connectivity index (χ0n) is 23.0. The highest BCUT2D eigenvalue weighted by Crippen LogP contribution is 2.34. The Morgan fingerprint density at radius 2 is 1.61 bits per heavy atom. The number of anilines is 2. The monoisotopic (exact) mass is 583 g/mol. The predicted octanol–water partition coefficient (Wildman–Crippen LogP) is 3.80. The fraction of sp³-hybridized carbons (Fsp3) is 0.593. The molecule has 14 heteroatoms. The van der Waals surface area contributed by atoms with Gasteiger partial charge in [0.2, 0.25) is 16.0 Å².